The van der Waals surface area contributed by atoms with E-state index in [1.807, 2.05) is 19.2 Å². The van der Waals surface area contributed by atoms with Gasteiger partial charge in [-0.25, -0.2) is 0 Å². The lowest BCUT2D eigenvalue weighted by Crippen LogP contribution is -2.06. The Hall–Kier alpha value is -1.09. The Bertz CT molecular complexity index is 302. The van der Waals surface area contributed by atoms with Crippen LogP contribution in [0.5, 0.6) is 0 Å². The highest BCUT2D eigenvalue weighted by atomic mass is 16.5. The number of ether oxygens (including phenoxy) is 1. The van der Waals surface area contributed by atoms with E-state index >= 15 is 0 Å². The monoisotopic (exact) mass is 222 g/mol. The Labute approximate surface area is 98.2 Å². The molecular weight excluding hydrogens is 200 g/mol. The minimum absolute atomic E-state index is 0.601. The summed E-state index contributed by atoms with van der Waals surface area (Å²) in [6, 6.07) is 3.97. The van der Waals surface area contributed by atoms with Gasteiger partial charge in [-0.15, -0.1) is 0 Å². The van der Waals surface area contributed by atoms with E-state index in [9.17, 15) is 0 Å². The van der Waals surface area contributed by atoms with Crippen LogP contribution in [-0.2, 0) is 11.3 Å². The molecule has 90 valence electrons. The predicted molar refractivity (Wildman–Crippen MR) is 67.5 cm³/mol. The summed E-state index contributed by atoms with van der Waals surface area (Å²) in [6.07, 6.45) is 4.25. The number of rotatable bonds is 7. The molecule has 0 spiro atoms. The van der Waals surface area contributed by atoms with E-state index < -0.39 is 0 Å². The molecular formula is C13H22N2O. The molecule has 0 saturated carbocycles. The minimum atomic E-state index is 0.601. The Balaban J connectivity index is 2.31. The van der Waals surface area contributed by atoms with Gasteiger partial charge in [0, 0.05) is 25.5 Å². The second-order valence-electron chi connectivity index (χ2n) is 4.19. The first-order chi connectivity index (χ1) is 7.76. The molecule has 16 heavy (non-hydrogen) atoms. The summed E-state index contributed by atoms with van der Waals surface area (Å²) in [5, 5.41) is 3.09. The fourth-order valence-electron chi connectivity index (χ4n) is 1.65. The molecule has 0 bridgehead atoms. The number of aromatic nitrogens is 1. The van der Waals surface area contributed by atoms with Gasteiger partial charge in [0.2, 0.25) is 0 Å². The average Bonchev–Trinajstić information content (AvgIpc) is 2.30. The van der Waals surface area contributed by atoms with Gasteiger partial charge in [-0.2, -0.15) is 0 Å². The number of anilines is 1. The predicted octanol–water partition coefficient (Wildman–Crippen LogP) is 3.08. The number of nitrogens with zero attached hydrogens (tertiary/aromatic N) is 1. The largest absolute Gasteiger partial charge is 0.388 e. The molecule has 0 saturated heterocycles. The molecule has 1 aromatic rings. The summed E-state index contributed by atoms with van der Waals surface area (Å²) in [6.45, 7) is 5.85. The van der Waals surface area contributed by atoms with Crippen molar-refractivity contribution >= 4 is 5.69 Å². The van der Waals surface area contributed by atoms with Crippen molar-refractivity contribution in [2.24, 2.45) is 5.92 Å². The smallest absolute Gasteiger partial charge is 0.0888 e. The highest BCUT2D eigenvalue weighted by Crippen LogP contribution is 2.10. The Kier molecular flexibility index (Phi) is 5.86. The van der Waals surface area contributed by atoms with E-state index in [0.717, 1.165) is 18.0 Å². The van der Waals surface area contributed by atoms with E-state index in [0.29, 0.717) is 12.5 Å². The first-order valence-electron chi connectivity index (χ1n) is 5.96. The van der Waals surface area contributed by atoms with Crippen molar-refractivity contribution in [1.29, 1.82) is 0 Å². The van der Waals surface area contributed by atoms with Crippen LogP contribution >= 0.6 is 0 Å². The van der Waals surface area contributed by atoms with Gasteiger partial charge in [0.1, 0.15) is 0 Å². The molecule has 0 radical (unpaired) electrons. The van der Waals surface area contributed by atoms with Gasteiger partial charge in [0.15, 0.2) is 0 Å². The van der Waals surface area contributed by atoms with E-state index in [-0.39, 0.29) is 0 Å². The number of pyridine rings is 1. The summed E-state index contributed by atoms with van der Waals surface area (Å²) in [4.78, 5) is 4.27. The first kappa shape index (κ1) is 13.0. The highest BCUT2D eigenvalue weighted by Gasteiger charge is 2.02. The number of nitrogens with one attached hydrogen (secondary N) is 1. The SMILES string of the molecule is CCCC(C)COCc1cc(NC)ccn1. The maximum atomic E-state index is 5.64. The van der Waals surface area contributed by atoms with Crippen LogP contribution in [0, 0.1) is 5.92 Å². The molecule has 1 rings (SSSR count). The van der Waals surface area contributed by atoms with Crippen molar-refractivity contribution in [2.45, 2.75) is 33.3 Å². The molecule has 1 atom stereocenters. The summed E-state index contributed by atoms with van der Waals surface area (Å²) in [5.41, 5.74) is 2.06. The van der Waals surface area contributed by atoms with E-state index in [1.165, 1.54) is 12.8 Å². The third-order valence-electron chi connectivity index (χ3n) is 2.54. The van der Waals surface area contributed by atoms with Crippen LogP contribution in [0.3, 0.4) is 0 Å². The first-order valence-corrected chi connectivity index (χ1v) is 5.96. The third kappa shape index (κ3) is 4.62. The molecule has 3 heteroatoms. The fourth-order valence-corrected chi connectivity index (χ4v) is 1.65. The van der Waals surface area contributed by atoms with Crippen LogP contribution in [-0.4, -0.2) is 18.6 Å². The van der Waals surface area contributed by atoms with Crippen LogP contribution in [0.1, 0.15) is 32.4 Å². The molecule has 3 nitrogen and oxygen atoms in total. The number of hydrogen-bond donors (Lipinski definition) is 1. The normalized spacial score (nSPS) is 12.4. The zero-order valence-electron chi connectivity index (χ0n) is 10.5. The molecule has 1 heterocycles. The molecule has 1 unspecified atom stereocenters. The van der Waals surface area contributed by atoms with E-state index in [2.05, 4.69) is 24.1 Å². The Morgan fingerprint density at radius 2 is 2.31 bits per heavy atom. The zero-order chi connectivity index (χ0) is 11.8. The summed E-state index contributed by atoms with van der Waals surface area (Å²) < 4.78 is 5.64. The van der Waals surface area contributed by atoms with Crippen molar-refractivity contribution in [2.75, 3.05) is 19.0 Å². The average molecular weight is 222 g/mol. The van der Waals surface area contributed by atoms with Gasteiger partial charge < -0.3 is 10.1 Å². The van der Waals surface area contributed by atoms with Crippen molar-refractivity contribution in [1.82, 2.24) is 4.98 Å². The van der Waals surface area contributed by atoms with Crippen molar-refractivity contribution in [3.63, 3.8) is 0 Å². The van der Waals surface area contributed by atoms with Crippen molar-refractivity contribution in [3.05, 3.63) is 24.0 Å². The topological polar surface area (TPSA) is 34.1 Å². The van der Waals surface area contributed by atoms with Crippen LogP contribution in [0.25, 0.3) is 0 Å². The Morgan fingerprint density at radius 1 is 1.50 bits per heavy atom. The van der Waals surface area contributed by atoms with Gasteiger partial charge in [-0.3, -0.25) is 4.98 Å². The third-order valence-corrected chi connectivity index (χ3v) is 2.54. The lowest BCUT2D eigenvalue weighted by atomic mass is 10.1. The van der Waals surface area contributed by atoms with Crippen LogP contribution < -0.4 is 5.32 Å². The standard InChI is InChI=1S/C13H22N2O/c1-4-5-11(2)9-16-10-13-8-12(14-3)6-7-15-13/h6-8,11H,4-5,9-10H2,1-3H3,(H,14,15). The minimum Gasteiger partial charge on any atom is -0.388 e. The lowest BCUT2D eigenvalue weighted by molar-refractivity contribution is 0.0872. The Morgan fingerprint density at radius 3 is 3.00 bits per heavy atom. The van der Waals surface area contributed by atoms with Gasteiger partial charge in [-0.1, -0.05) is 20.3 Å². The lowest BCUT2D eigenvalue weighted by Gasteiger charge is -2.10. The van der Waals surface area contributed by atoms with Gasteiger partial charge in [0.25, 0.3) is 0 Å². The van der Waals surface area contributed by atoms with E-state index in [4.69, 9.17) is 4.74 Å². The molecule has 0 aliphatic rings. The maximum Gasteiger partial charge on any atom is 0.0888 e. The molecule has 0 amide bonds. The van der Waals surface area contributed by atoms with Crippen LogP contribution in [0.15, 0.2) is 18.3 Å². The van der Waals surface area contributed by atoms with Crippen LogP contribution in [0.2, 0.25) is 0 Å². The van der Waals surface area contributed by atoms with Gasteiger partial charge in [0.05, 0.1) is 12.3 Å². The molecule has 1 aromatic heterocycles. The molecule has 0 aliphatic heterocycles. The molecule has 0 aliphatic carbocycles. The summed E-state index contributed by atoms with van der Waals surface area (Å²) >= 11 is 0. The van der Waals surface area contributed by atoms with E-state index in [1.54, 1.807) is 6.20 Å². The fraction of sp³-hybridized carbons (Fsp3) is 0.615. The quantitative estimate of drug-likeness (QED) is 0.770. The van der Waals surface area contributed by atoms with Crippen molar-refractivity contribution in [3.8, 4) is 0 Å². The van der Waals surface area contributed by atoms with Crippen molar-refractivity contribution < 1.29 is 4.74 Å². The number of hydrogen-bond acceptors (Lipinski definition) is 3. The molecule has 0 fully saturated rings. The maximum absolute atomic E-state index is 5.64. The van der Waals surface area contributed by atoms with Gasteiger partial charge >= 0.3 is 0 Å². The summed E-state index contributed by atoms with van der Waals surface area (Å²) in [7, 11) is 1.91. The van der Waals surface area contributed by atoms with Crippen LogP contribution in [0.4, 0.5) is 5.69 Å². The summed E-state index contributed by atoms with van der Waals surface area (Å²) in [5.74, 6) is 0.637. The molecule has 1 N–H and O–H groups in total. The second-order valence-corrected chi connectivity index (χ2v) is 4.19. The molecule has 0 aromatic carbocycles. The van der Waals surface area contributed by atoms with Gasteiger partial charge in [-0.05, 0) is 24.5 Å². The zero-order valence-corrected chi connectivity index (χ0v) is 10.5. The second kappa shape index (κ2) is 7.23. The highest BCUT2D eigenvalue weighted by molar-refractivity contribution is 5.42.